The molecule has 0 spiro atoms. The Labute approximate surface area is 139 Å². The third-order valence-corrected chi connectivity index (χ3v) is 4.15. The summed E-state index contributed by atoms with van der Waals surface area (Å²) in [5, 5.41) is 4.10. The molecule has 2 aromatic rings. The van der Waals surface area contributed by atoms with Crippen molar-refractivity contribution in [1.29, 1.82) is 0 Å². The first-order valence-corrected chi connectivity index (χ1v) is 7.78. The molecule has 2 aromatic heterocycles. The van der Waals surface area contributed by atoms with E-state index in [9.17, 15) is 9.59 Å². The standard InChI is InChI=1S/C16H20N6O2/c1-20-7-8-21(11-13(10-20)15(17)23)16(24)12-3-4-14(18-9-12)22-6-2-5-19-22/h2-6,9,13H,7-8,10-11H2,1H3,(H2,17,23)/t13-/m0/s1. The van der Waals surface area contributed by atoms with Crippen molar-refractivity contribution in [3.8, 4) is 5.82 Å². The summed E-state index contributed by atoms with van der Waals surface area (Å²) in [4.78, 5) is 32.3. The van der Waals surface area contributed by atoms with Gasteiger partial charge >= 0.3 is 0 Å². The Morgan fingerprint density at radius 2 is 2.08 bits per heavy atom. The lowest BCUT2D eigenvalue weighted by Crippen LogP contribution is -2.40. The lowest BCUT2D eigenvalue weighted by molar-refractivity contribution is -0.122. The zero-order valence-corrected chi connectivity index (χ0v) is 13.5. The van der Waals surface area contributed by atoms with Crippen LogP contribution >= 0.6 is 0 Å². The smallest absolute Gasteiger partial charge is 0.255 e. The molecule has 1 aliphatic heterocycles. The molecule has 2 N–H and O–H groups in total. The zero-order chi connectivity index (χ0) is 17.1. The molecule has 8 heteroatoms. The molecule has 0 bridgehead atoms. The molecule has 0 aromatic carbocycles. The van der Waals surface area contributed by atoms with Crippen LogP contribution < -0.4 is 5.73 Å². The molecule has 8 nitrogen and oxygen atoms in total. The Balaban J connectivity index is 1.76. The number of amides is 2. The van der Waals surface area contributed by atoms with Gasteiger partial charge in [0.25, 0.3) is 5.91 Å². The van der Waals surface area contributed by atoms with Crippen molar-refractivity contribution < 1.29 is 9.59 Å². The van der Waals surface area contributed by atoms with Crippen LogP contribution in [0.3, 0.4) is 0 Å². The summed E-state index contributed by atoms with van der Waals surface area (Å²) in [6.07, 6.45) is 4.98. The first-order valence-electron chi connectivity index (χ1n) is 7.78. The number of aromatic nitrogens is 3. The highest BCUT2D eigenvalue weighted by molar-refractivity contribution is 5.94. The molecule has 1 aliphatic rings. The molecule has 24 heavy (non-hydrogen) atoms. The highest BCUT2D eigenvalue weighted by Gasteiger charge is 2.28. The lowest BCUT2D eigenvalue weighted by atomic mass is 10.1. The van der Waals surface area contributed by atoms with E-state index >= 15 is 0 Å². The first-order chi connectivity index (χ1) is 11.5. The highest BCUT2D eigenvalue weighted by atomic mass is 16.2. The Hall–Kier alpha value is -2.74. The minimum atomic E-state index is -0.381. The minimum absolute atomic E-state index is 0.143. The van der Waals surface area contributed by atoms with Gasteiger partial charge in [-0.2, -0.15) is 5.10 Å². The zero-order valence-electron chi connectivity index (χ0n) is 13.5. The molecule has 1 atom stereocenters. The summed E-state index contributed by atoms with van der Waals surface area (Å²) in [5.41, 5.74) is 5.93. The van der Waals surface area contributed by atoms with Crippen molar-refractivity contribution in [1.82, 2.24) is 24.6 Å². The van der Waals surface area contributed by atoms with Crippen LogP contribution in [-0.4, -0.2) is 69.6 Å². The molecule has 2 amide bonds. The number of carbonyl (C=O) groups is 2. The predicted octanol–water partition coefficient (Wildman–Crippen LogP) is -0.244. The monoisotopic (exact) mass is 328 g/mol. The normalized spacial score (nSPS) is 19.0. The van der Waals surface area contributed by atoms with E-state index in [1.54, 1.807) is 40.2 Å². The van der Waals surface area contributed by atoms with Crippen LogP contribution in [-0.2, 0) is 4.79 Å². The molecular formula is C16H20N6O2. The number of hydrogen-bond donors (Lipinski definition) is 1. The fraction of sp³-hybridized carbons (Fsp3) is 0.375. The fourth-order valence-electron chi connectivity index (χ4n) is 2.77. The van der Waals surface area contributed by atoms with E-state index in [0.29, 0.717) is 37.6 Å². The second kappa shape index (κ2) is 6.79. The molecule has 126 valence electrons. The summed E-state index contributed by atoms with van der Waals surface area (Å²) in [5.74, 6) is -0.246. The van der Waals surface area contributed by atoms with Gasteiger partial charge in [0.1, 0.15) is 0 Å². The van der Waals surface area contributed by atoms with Crippen LogP contribution in [0.2, 0.25) is 0 Å². The molecule has 0 saturated carbocycles. The quantitative estimate of drug-likeness (QED) is 0.838. The van der Waals surface area contributed by atoms with Crippen LogP contribution in [0.25, 0.3) is 5.82 Å². The predicted molar refractivity (Wildman–Crippen MR) is 87.4 cm³/mol. The van der Waals surface area contributed by atoms with Crippen LogP contribution in [0, 0.1) is 5.92 Å². The van der Waals surface area contributed by atoms with Gasteiger partial charge < -0.3 is 15.5 Å². The van der Waals surface area contributed by atoms with E-state index in [0.717, 1.165) is 0 Å². The SMILES string of the molecule is CN1CCN(C(=O)c2ccc(-n3cccn3)nc2)C[C@@H](C(N)=O)C1. The minimum Gasteiger partial charge on any atom is -0.369 e. The van der Waals surface area contributed by atoms with Gasteiger partial charge in [-0.25, -0.2) is 9.67 Å². The summed E-state index contributed by atoms with van der Waals surface area (Å²) in [6, 6.07) is 5.27. The third-order valence-electron chi connectivity index (χ3n) is 4.15. The van der Waals surface area contributed by atoms with Gasteiger partial charge in [-0.3, -0.25) is 9.59 Å². The number of nitrogens with zero attached hydrogens (tertiary/aromatic N) is 5. The summed E-state index contributed by atoms with van der Waals surface area (Å²) in [6.45, 7) is 2.16. The van der Waals surface area contributed by atoms with Gasteiger partial charge in [-0.15, -0.1) is 0 Å². The molecule has 0 aliphatic carbocycles. The largest absolute Gasteiger partial charge is 0.369 e. The Morgan fingerprint density at radius 3 is 2.71 bits per heavy atom. The third kappa shape index (κ3) is 3.43. The Kier molecular flexibility index (Phi) is 4.57. The first kappa shape index (κ1) is 16.1. The average molecular weight is 328 g/mol. The molecule has 1 fully saturated rings. The van der Waals surface area contributed by atoms with Crippen molar-refractivity contribution in [3.05, 3.63) is 42.4 Å². The molecular weight excluding hydrogens is 308 g/mol. The number of nitrogens with two attached hydrogens (primary N) is 1. The van der Waals surface area contributed by atoms with E-state index in [1.807, 2.05) is 11.9 Å². The van der Waals surface area contributed by atoms with Crippen LogP contribution in [0.5, 0.6) is 0 Å². The maximum atomic E-state index is 12.7. The van der Waals surface area contributed by atoms with Gasteiger partial charge in [0.15, 0.2) is 5.82 Å². The maximum Gasteiger partial charge on any atom is 0.255 e. The van der Waals surface area contributed by atoms with E-state index in [1.165, 1.54) is 6.20 Å². The van der Waals surface area contributed by atoms with Crippen LogP contribution in [0.15, 0.2) is 36.8 Å². The molecule has 0 unspecified atom stereocenters. The Bertz CT molecular complexity index is 713. The summed E-state index contributed by atoms with van der Waals surface area (Å²) >= 11 is 0. The molecule has 0 radical (unpaired) electrons. The van der Waals surface area contributed by atoms with E-state index in [2.05, 4.69) is 10.1 Å². The summed E-state index contributed by atoms with van der Waals surface area (Å²) < 4.78 is 1.62. The number of hydrogen-bond acceptors (Lipinski definition) is 5. The van der Waals surface area contributed by atoms with Crippen LogP contribution in [0.1, 0.15) is 10.4 Å². The van der Waals surface area contributed by atoms with Crippen molar-refractivity contribution >= 4 is 11.8 Å². The fourth-order valence-corrected chi connectivity index (χ4v) is 2.77. The van der Waals surface area contributed by atoms with E-state index < -0.39 is 0 Å². The molecule has 3 heterocycles. The number of pyridine rings is 1. The topological polar surface area (TPSA) is 97.3 Å². The second-order valence-corrected chi connectivity index (χ2v) is 5.97. The number of rotatable bonds is 3. The number of primary amides is 1. The van der Waals surface area contributed by atoms with Gasteiger partial charge in [-0.05, 0) is 25.2 Å². The van der Waals surface area contributed by atoms with Crippen molar-refractivity contribution in [2.24, 2.45) is 11.7 Å². The van der Waals surface area contributed by atoms with Crippen molar-refractivity contribution in [3.63, 3.8) is 0 Å². The second-order valence-electron chi connectivity index (χ2n) is 5.97. The van der Waals surface area contributed by atoms with Gasteiger partial charge in [0, 0.05) is 44.8 Å². The van der Waals surface area contributed by atoms with Gasteiger partial charge in [0.2, 0.25) is 5.91 Å². The van der Waals surface area contributed by atoms with Crippen molar-refractivity contribution in [2.75, 3.05) is 33.2 Å². The van der Waals surface area contributed by atoms with Gasteiger partial charge in [0.05, 0.1) is 11.5 Å². The Morgan fingerprint density at radius 1 is 1.25 bits per heavy atom. The van der Waals surface area contributed by atoms with E-state index in [4.69, 9.17) is 5.73 Å². The molecule has 1 saturated heterocycles. The summed E-state index contributed by atoms with van der Waals surface area (Å²) in [7, 11) is 1.92. The lowest BCUT2D eigenvalue weighted by Gasteiger charge is -2.22. The number of likely N-dealkylation sites (N-methyl/N-ethyl adjacent to an activating group) is 1. The molecule has 3 rings (SSSR count). The highest BCUT2D eigenvalue weighted by Crippen LogP contribution is 2.13. The van der Waals surface area contributed by atoms with Gasteiger partial charge in [-0.1, -0.05) is 0 Å². The maximum absolute atomic E-state index is 12.7. The average Bonchev–Trinajstić information content (AvgIpc) is 3.04. The van der Waals surface area contributed by atoms with Crippen molar-refractivity contribution in [2.45, 2.75) is 0 Å². The van der Waals surface area contributed by atoms with Crippen LogP contribution in [0.4, 0.5) is 0 Å². The van der Waals surface area contributed by atoms with E-state index in [-0.39, 0.29) is 17.7 Å². The number of carbonyl (C=O) groups excluding carboxylic acids is 2.